The molecule has 0 amide bonds. The van der Waals surface area contributed by atoms with Crippen molar-refractivity contribution in [1.29, 1.82) is 0 Å². The lowest BCUT2D eigenvalue weighted by Gasteiger charge is -2.53. The van der Waals surface area contributed by atoms with Crippen LogP contribution in [0.2, 0.25) is 5.02 Å². The van der Waals surface area contributed by atoms with Crippen LogP contribution in [0, 0.1) is 5.82 Å². The van der Waals surface area contributed by atoms with Crippen molar-refractivity contribution < 1.29 is 8.81 Å². The Morgan fingerprint density at radius 1 is 1.17 bits per heavy atom. The van der Waals surface area contributed by atoms with Crippen LogP contribution in [-0.4, -0.2) is 44.0 Å². The number of hydrogen-bond acceptors (Lipinski definition) is 7. The molecule has 0 aliphatic carbocycles. The summed E-state index contributed by atoms with van der Waals surface area (Å²) in [5.74, 6) is -0.143. The van der Waals surface area contributed by atoms with Crippen LogP contribution in [0.1, 0.15) is 40.5 Å². The van der Waals surface area contributed by atoms with E-state index in [0.29, 0.717) is 16.1 Å². The summed E-state index contributed by atoms with van der Waals surface area (Å²) in [6.07, 6.45) is 2.87. The lowest BCUT2D eigenvalue weighted by molar-refractivity contribution is -0.00778. The zero-order chi connectivity index (χ0) is 21.7. The Hall–Kier alpha value is -2.45. The Labute approximate surface area is 180 Å². The topological polar surface area (TPSA) is 79.1 Å². The van der Waals surface area contributed by atoms with Crippen molar-refractivity contribution in [3.05, 3.63) is 35.2 Å². The van der Waals surface area contributed by atoms with Gasteiger partial charge in [0.1, 0.15) is 5.52 Å². The van der Waals surface area contributed by atoms with Gasteiger partial charge in [-0.3, -0.25) is 10.2 Å². The summed E-state index contributed by atoms with van der Waals surface area (Å²) in [6.45, 7) is 8.80. The first-order valence-corrected chi connectivity index (χ1v) is 10.3. The van der Waals surface area contributed by atoms with Crippen molar-refractivity contribution in [2.24, 2.45) is 0 Å². The zero-order valence-electron chi connectivity index (χ0n) is 17.8. The van der Waals surface area contributed by atoms with Crippen LogP contribution in [0.3, 0.4) is 0 Å². The van der Waals surface area contributed by atoms with E-state index in [0.717, 1.165) is 19.0 Å². The van der Waals surface area contributed by atoms with Crippen LogP contribution < -0.4 is 10.6 Å². The molecule has 0 saturated carbocycles. The maximum Gasteiger partial charge on any atom is 0.302 e. The van der Waals surface area contributed by atoms with Gasteiger partial charge in [0.25, 0.3) is 0 Å². The fourth-order valence-electron chi connectivity index (χ4n) is 4.25. The Bertz CT molecular complexity index is 1060. The predicted molar refractivity (Wildman–Crippen MR) is 117 cm³/mol. The van der Waals surface area contributed by atoms with E-state index >= 15 is 0 Å². The number of benzene rings is 1. The van der Waals surface area contributed by atoms with Gasteiger partial charge in [-0.1, -0.05) is 11.6 Å². The SMILES string of the molecule is CN1C(C)(C)CC(Nc2nc(Nc3nc4cc(Cl)ccc4o3)ncc2F)CC1(C)C. The number of fused-ring (bicyclic) bond motifs is 1. The molecule has 3 aromatic rings. The van der Waals surface area contributed by atoms with Crippen molar-refractivity contribution in [2.45, 2.75) is 57.7 Å². The smallest absolute Gasteiger partial charge is 0.302 e. The molecule has 1 aromatic carbocycles. The van der Waals surface area contributed by atoms with Crippen LogP contribution in [0.4, 0.5) is 22.2 Å². The second-order valence-corrected chi connectivity index (χ2v) is 9.52. The fraction of sp³-hybridized carbons (Fsp3) is 0.476. The van der Waals surface area contributed by atoms with Crippen LogP contribution in [0.5, 0.6) is 0 Å². The van der Waals surface area contributed by atoms with E-state index in [-0.39, 0.29) is 34.9 Å². The van der Waals surface area contributed by atoms with Crippen LogP contribution in [0.25, 0.3) is 11.1 Å². The van der Waals surface area contributed by atoms with Gasteiger partial charge >= 0.3 is 6.01 Å². The first-order chi connectivity index (χ1) is 14.0. The monoisotopic (exact) mass is 432 g/mol. The lowest BCUT2D eigenvalue weighted by atomic mass is 9.77. The highest BCUT2D eigenvalue weighted by atomic mass is 35.5. The number of oxazole rings is 1. The number of aromatic nitrogens is 3. The van der Waals surface area contributed by atoms with Crippen molar-refractivity contribution in [3.63, 3.8) is 0 Å². The highest BCUT2D eigenvalue weighted by Gasteiger charge is 2.43. The fourth-order valence-corrected chi connectivity index (χ4v) is 4.41. The third kappa shape index (κ3) is 4.06. The van der Waals surface area contributed by atoms with E-state index in [1.807, 2.05) is 0 Å². The number of rotatable bonds is 4. The molecular weight excluding hydrogens is 407 g/mol. The summed E-state index contributed by atoms with van der Waals surface area (Å²) in [7, 11) is 2.14. The summed E-state index contributed by atoms with van der Waals surface area (Å²) in [5.41, 5.74) is 1.15. The normalized spacial score (nSPS) is 19.2. The largest absolute Gasteiger partial charge is 0.423 e. The molecule has 1 fully saturated rings. The highest BCUT2D eigenvalue weighted by Crippen LogP contribution is 2.38. The summed E-state index contributed by atoms with van der Waals surface area (Å²) in [4.78, 5) is 15.0. The summed E-state index contributed by atoms with van der Waals surface area (Å²) >= 11 is 5.99. The highest BCUT2D eigenvalue weighted by molar-refractivity contribution is 6.31. The van der Waals surface area contributed by atoms with Crippen LogP contribution >= 0.6 is 11.6 Å². The van der Waals surface area contributed by atoms with Crippen LogP contribution in [-0.2, 0) is 0 Å². The van der Waals surface area contributed by atoms with Gasteiger partial charge in [0.2, 0.25) is 5.95 Å². The molecule has 1 aliphatic rings. The van der Waals surface area contributed by atoms with Crippen molar-refractivity contribution in [3.8, 4) is 0 Å². The number of piperidine rings is 1. The van der Waals surface area contributed by atoms with E-state index in [9.17, 15) is 4.39 Å². The lowest BCUT2D eigenvalue weighted by Crippen LogP contribution is -2.61. The quantitative estimate of drug-likeness (QED) is 0.585. The van der Waals surface area contributed by atoms with Gasteiger partial charge in [0, 0.05) is 22.1 Å². The van der Waals surface area contributed by atoms with Crippen molar-refractivity contribution >= 4 is 40.5 Å². The van der Waals surface area contributed by atoms with Gasteiger partial charge in [-0.05, 0) is 65.8 Å². The van der Waals surface area contributed by atoms with Gasteiger partial charge in [0.15, 0.2) is 17.2 Å². The number of likely N-dealkylation sites (tertiary alicyclic amines) is 1. The summed E-state index contributed by atoms with van der Waals surface area (Å²) < 4.78 is 20.1. The third-order valence-electron chi connectivity index (χ3n) is 5.96. The Kier molecular flexibility index (Phi) is 5.10. The minimum atomic E-state index is -0.501. The molecule has 7 nitrogen and oxygen atoms in total. The first-order valence-electron chi connectivity index (χ1n) is 9.90. The molecular formula is C21H26ClFN6O. The summed E-state index contributed by atoms with van der Waals surface area (Å²) in [6, 6.07) is 5.45. The average Bonchev–Trinajstić information content (AvgIpc) is 3.03. The molecule has 0 radical (unpaired) electrons. The van der Waals surface area contributed by atoms with E-state index < -0.39 is 5.82 Å². The molecule has 1 saturated heterocycles. The van der Waals surface area contributed by atoms with Crippen molar-refractivity contribution in [1.82, 2.24) is 19.9 Å². The van der Waals surface area contributed by atoms with E-state index in [1.54, 1.807) is 18.2 Å². The zero-order valence-corrected chi connectivity index (χ0v) is 18.5. The average molecular weight is 433 g/mol. The molecule has 160 valence electrons. The third-order valence-corrected chi connectivity index (χ3v) is 6.20. The number of nitrogens with one attached hydrogen (secondary N) is 2. The van der Waals surface area contributed by atoms with E-state index in [4.69, 9.17) is 16.0 Å². The first kappa shape index (κ1) is 20.8. The van der Waals surface area contributed by atoms with Gasteiger partial charge in [-0.25, -0.2) is 9.37 Å². The van der Waals surface area contributed by atoms with Gasteiger partial charge in [-0.15, -0.1) is 0 Å². The van der Waals surface area contributed by atoms with Crippen LogP contribution in [0.15, 0.2) is 28.8 Å². The molecule has 3 heterocycles. The molecule has 0 atom stereocenters. The minimum absolute atomic E-state index is 0.0243. The molecule has 2 N–H and O–H groups in total. The number of anilines is 3. The molecule has 0 bridgehead atoms. The standard InChI is InChI=1S/C21H26ClFN6O/c1-20(2)9-13(10-21(3,4)29(20)5)25-17-14(23)11-24-18(27-17)28-19-26-15-8-12(22)6-7-16(15)30-19/h6-8,11,13H,9-10H2,1-5H3,(H2,24,25,26,27,28). The Morgan fingerprint density at radius 3 is 2.57 bits per heavy atom. The van der Waals surface area contributed by atoms with Gasteiger partial charge in [0.05, 0.1) is 6.20 Å². The Balaban J connectivity index is 1.54. The predicted octanol–water partition coefficient (Wildman–Crippen LogP) is 5.22. The van der Waals surface area contributed by atoms with E-state index in [2.05, 4.69) is 65.2 Å². The van der Waals surface area contributed by atoms with Crippen molar-refractivity contribution in [2.75, 3.05) is 17.7 Å². The molecule has 1 aliphatic heterocycles. The van der Waals surface area contributed by atoms with Gasteiger partial charge in [-0.2, -0.15) is 9.97 Å². The second-order valence-electron chi connectivity index (χ2n) is 9.08. The molecule has 2 aromatic heterocycles. The van der Waals surface area contributed by atoms with E-state index in [1.165, 1.54) is 0 Å². The van der Waals surface area contributed by atoms with Gasteiger partial charge < -0.3 is 9.73 Å². The molecule has 0 unspecified atom stereocenters. The summed E-state index contributed by atoms with van der Waals surface area (Å²) in [5, 5.41) is 6.74. The Morgan fingerprint density at radius 2 is 1.87 bits per heavy atom. The second kappa shape index (κ2) is 7.35. The maximum atomic E-state index is 14.5. The molecule has 30 heavy (non-hydrogen) atoms. The molecule has 4 rings (SSSR count). The number of nitrogens with zero attached hydrogens (tertiary/aromatic N) is 4. The number of halogens is 2. The maximum absolute atomic E-state index is 14.5. The number of hydrogen-bond donors (Lipinski definition) is 2. The minimum Gasteiger partial charge on any atom is -0.423 e. The molecule has 0 spiro atoms. The molecule has 9 heteroatoms.